The number of hydrogen-bond donors (Lipinski definition) is 3. The van der Waals surface area contributed by atoms with Crippen molar-refractivity contribution in [2.75, 3.05) is 13.1 Å². The average molecular weight is 158 g/mol. The summed E-state index contributed by atoms with van der Waals surface area (Å²) in [5.41, 5.74) is 5.00. The Hall–Kier alpha value is -0.120. The lowest BCUT2D eigenvalue weighted by Crippen LogP contribution is -2.49. The van der Waals surface area contributed by atoms with Gasteiger partial charge < -0.3 is 16.2 Å². The smallest absolute Gasteiger partial charge is 0.0771 e. The van der Waals surface area contributed by atoms with Crippen LogP contribution in [0, 0.1) is 0 Å². The number of hydrogen-bond acceptors (Lipinski definition) is 3. The molecule has 66 valence electrons. The molecule has 1 aliphatic carbocycles. The zero-order chi connectivity index (χ0) is 8.32. The maximum absolute atomic E-state index is 9.65. The van der Waals surface area contributed by atoms with E-state index in [9.17, 15) is 5.11 Å². The van der Waals surface area contributed by atoms with Gasteiger partial charge in [0.25, 0.3) is 0 Å². The summed E-state index contributed by atoms with van der Waals surface area (Å²) in [4.78, 5) is 0. The number of aliphatic hydroxyl groups is 1. The molecule has 0 amide bonds. The fourth-order valence-corrected chi connectivity index (χ4v) is 1.21. The van der Waals surface area contributed by atoms with Gasteiger partial charge in [0.15, 0.2) is 0 Å². The Morgan fingerprint density at radius 3 is 2.64 bits per heavy atom. The number of nitrogens with two attached hydrogens (primary N) is 1. The summed E-state index contributed by atoms with van der Waals surface area (Å²) in [6.45, 7) is 3.36. The second-order valence-electron chi connectivity index (χ2n) is 3.60. The van der Waals surface area contributed by atoms with Crippen molar-refractivity contribution in [3.05, 3.63) is 0 Å². The van der Waals surface area contributed by atoms with E-state index in [2.05, 4.69) is 5.32 Å². The van der Waals surface area contributed by atoms with Crippen LogP contribution in [0.3, 0.4) is 0 Å². The fraction of sp³-hybridized carbons (Fsp3) is 1.00. The summed E-state index contributed by atoms with van der Waals surface area (Å²) in [5.74, 6) is 0. The van der Waals surface area contributed by atoms with Crippen molar-refractivity contribution < 1.29 is 5.11 Å². The quantitative estimate of drug-likeness (QED) is 0.533. The minimum absolute atomic E-state index is 0.319. The maximum Gasteiger partial charge on any atom is 0.0771 e. The molecule has 3 nitrogen and oxygen atoms in total. The van der Waals surface area contributed by atoms with E-state index in [0.717, 1.165) is 19.3 Å². The van der Waals surface area contributed by atoms with Crippen molar-refractivity contribution in [1.29, 1.82) is 0 Å². The van der Waals surface area contributed by atoms with Crippen LogP contribution in [0.1, 0.15) is 26.2 Å². The third-order valence-corrected chi connectivity index (χ3v) is 2.42. The van der Waals surface area contributed by atoms with Gasteiger partial charge in [-0.15, -0.1) is 0 Å². The minimum atomic E-state index is -0.413. The molecule has 0 bridgehead atoms. The Labute approximate surface area is 68.0 Å². The summed E-state index contributed by atoms with van der Waals surface area (Å²) in [5, 5.41) is 12.9. The molecule has 0 spiro atoms. The van der Waals surface area contributed by atoms with Crippen molar-refractivity contribution in [3.8, 4) is 0 Å². The van der Waals surface area contributed by atoms with Crippen LogP contribution in [0.2, 0.25) is 0 Å². The number of nitrogens with one attached hydrogen (secondary N) is 1. The molecule has 0 radical (unpaired) electrons. The summed E-state index contributed by atoms with van der Waals surface area (Å²) < 4.78 is 0. The number of rotatable bonds is 4. The molecule has 1 fully saturated rings. The highest BCUT2D eigenvalue weighted by atomic mass is 16.3. The molecule has 4 N–H and O–H groups in total. The minimum Gasteiger partial charge on any atom is -0.389 e. The molecule has 0 aromatic rings. The highest BCUT2D eigenvalue weighted by Crippen LogP contribution is 2.30. The van der Waals surface area contributed by atoms with E-state index >= 15 is 0 Å². The van der Waals surface area contributed by atoms with E-state index in [1.807, 2.05) is 6.92 Å². The molecular weight excluding hydrogens is 140 g/mol. The van der Waals surface area contributed by atoms with Gasteiger partial charge in [0.05, 0.1) is 5.60 Å². The van der Waals surface area contributed by atoms with Crippen LogP contribution in [-0.4, -0.2) is 29.8 Å². The van der Waals surface area contributed by atoms with Gasteiger partial charge in [-0.05, 0) is 26.2 Å². The van der Waals surface area contributed by atoms with E-state index in [-0.39, 0.29) is 0 Å². The predicted molar refractivity (Wildman–Crippen MR) is 45.3 cm³/mol. The van der Waals surface area contributed by atoms with Crippen LogP contribution in [-0.2, 0) is 0 Å². The van der Waals surface area contributed by atoms with Crippen LogP contribution in [0.4, 0.5) is 0 Å². The van der Waals surface area contributed by atoms with Gasteiger partial charge in [-0.1, -0.05) is 0 Å². The van der Waals surface area contributed by atoms with Crippen LogP contribution >= 0.6 is 0 Å². The fourth-order valence-electron chi connectivity index (χ4n) is 1.21. The maximum atomic E-state index is 9.65. The summed E-state index contributed by atoms with van der Waals surface area (Å²) in [6, 6.07) is 0.319. The van der Waals surface area contributed by atoms with Gasteiger partial charge in [-0.2, -0.15) is 0 Å². The summed E-state index contributed by atoms with van der Waals surface area (Å²) in [6.07, 6.45) is 3.05. The van der Waals surface area contributed by atoms with E-state index in [4.69, 9.17) is 5.73 Å². The highest BCUT2D eigenvalue weighted by Gasteiger charge is 2.33. The lowest BCUT2D eigenvalue weighted by atomic mass is 9.80. The Morgan fingerprint density at radius 1 is 1.64 bits per heavy atom. The van der Waals surface area contributed by atoms with Crippen molar-refractivity contribution >= 4 is 0 Å². The molecule has 0 heterocycles. The van der Waals surface area contributed by atoms with E-state index in [1.165, 1.54) is 0 Å². The Bertz CT molecular complexity index is 123. The molecule has 1 saturated carbocycles. The molecule has 1 rings (SSSR count). The second-order valence-corrected chi connectivity index (χ2v) is 3.60. The SMILES string of the molecule is CC(CN)NCC1(O)CCC1. The summed E-state index contributed by atoms with van der Waals surface area (Å²) >= 11 is 0. The summed E-state index contributed by atoms with van der Waals surface area (Å²) in [7, 11) is 0. The molecule has 1 atom stereocenters. The zero-order valence-electron chi connectivity index (χ0n) is 7.14. The highest BCUT2D eigenvalue weighted by molar-refractivity contribution is 4.90. The first kappa shape index (κ1) is 8.97. The Morgan fingerprint density at radius 2 is 2.27 bits per heavy atom. The van der Waals surface area contributed by atoms with Crippen LogP contribution < -0.4 is 11.1 Å². The van der Waals surface area contributed by atoms with Crippen LogP contribution in [0.15, 0.2) is 0 Å². The van der Waals surface area contributed by atoms with Crippen molar-refractivity contribution in [2.45, 2.75) is 37.8 Å². The van der Waals surface area contributed by atoms with Crippen molar-refractivity contribution in [2.24, 2.45) is 5.73 Å². The molecular formula is C8H18N2O. The van der Waals surface area contributed by atoms with Gasteiger partial charge >= 0.3 is 0 Å². The standard InChI is InChI=1S/C8H18N2O/c1-7(5-9)10-6-8(11)3-2-4-8/h7,10-11H,2-6,9H2,1H3. The van der Waals surface area contributed by atoms with Gasteiger partial charge in [0.1, 0.15) is 0 Å². The molecule has 11 heavy (non-hydrogen) atoms. The Balaban J connectivity index is 2.11. The molecule has 0 aromatic carbocycles. The topological polar surface area (TPSA) is 58.3 Å². The predicted octanol–water partition coefficient (Wildman–Crippen LogP) is -0.162. The van der Waals surface area contributed by atoms with Gasteiger partial charge in [0.2, 0.25) is 0 Å². The van der Waals surface area contributed by atoms with Crippen LogP contribution in [0.25, 0.3) is 0 Å². The first-order valence-corrected chi connectivity index (χ1v) is 4.32. The van der Waals surface area contributed by atoms with Gasteiger partial charge in [0, 0.05) is 19.1 Å². The van der Waals surface area contributed by atoms with Crippen molar-refractivity contribution in [1.82, 2.24) is 5.32 Å². The van der Waals surface area contributed by atoms with E-state index < -0.39 is 5.60 Å². The largest absolute Gasteiger partial charge is 0.389 e. The first-order chi connectivity index (χ1) is 5.16. The van der Waals surface area contributed by atoms with Crippen molar-refractivity contribution in [3.63, 3.8) is 0 Å². The third-order valence-electron chi connectivity index (χ3n) is 2.42. The molecule has 3 heteroatoms. The second kappa shape index (κ2) is 3.52. The molecule has 0 aromatic heterocycles. The normalized spacial score (nSPS) is 24.3. The molecule has 0 saturated heterocycles. The lowest BCUT2D eigenvalue weighted by Gasteiger charge is -2.37. The van der Waals surface area contributed by atoms with Gasteiger partial charge in [-0.3, -0.25) is 0 Å². The monoisotopic (exact) mass is 158 g/mol. The lowest BCUT2D eigenvalue weighted by molar-refractivity contribution is -0.0326. The van der Waals surface area contributed by atoms with E-state index in [0.29, 0.717) is 19.1 Å². The average Bonchev–Trinajstić information content (AvgIpc) is 1.96. The molecule has 1 aliphatic rings. The van der Waals surface area contributed by atoms with Crippen LogP contribution in [0.5, 0.6) is 0 Å². The molecule has 0 aliphatic heterocycles. The zero-order valence-corrected chi connectivity index (χ0v) is 7.14. The Kier molecular flexibility index (Phi) is 2.87. The van der Waals surface area contributed by atoms with E-state index in [1.54, 1.807) is 0 Å². The first-order valence-electron chi connectivity index (χ1n) is 4.32. The molecule has 1 unspecified atom stereocenters. The third kappa shape index (κ3) is 2.43. The van der Waals surface area contributed by atoms with Gasteiger partial charge in [-0.25, -0.2) is 0 Å².